The van der Waals surface area contributed by atoms with Crippen molar-refractivity contribution in [3.8, 4) is 11.5 Å². The molecule has 5 rings (SSSR count). The zero-order chi connectivity index (χ0) is 19.1. The number of aromatic nitrogens is 6. The van der Waals surface area contributed by atoms with Crippen LogP contribution in [-0.2, 0) is 0 Å². The highest BCUT2D eigenvalue weighted by atomic mass is 16.4. The van der Waals surface area contributed by atoms with E-state index >= 15 is 0 Å². The monoisotopic (exact) mass is 371 g/mol. The van der Waals surface area contributed by atoms with Gasteiger partial charge >= 0.3 is 5.97 Å². The highest BCUT2D eigenvalue weighted by molar-refractivity contribution is 5.90. The van der Waals surface area contributed by atoms with E-state index in [0.717, 1.165) is 5.65 Å². The van der Waals surface area contributed by atoms with E-state index in [1.807, 2.05) is 35.0 Å². The van der Waals surface area contributed by atoms with Gasteiger partial charge < -0.3 is 14.8 Å². The minimum Gasteiger partial charge on any atom is -0.478 e. The summed E-state index contributed by atoms with van der Waals surface area (Å²) in [4.78, 5) is 24.7. The van der Waals surface area contributed by atoms with E-state index < -0.39 is 5.97 Å². The first-order chi connectivity index (χ1) is 13.7. The molecule has 0 spiro atoms. The maximum atomic E-state index is 11.0. The average molecular weight is 371 g/mol. The number of nitrogens with one attached hydrogen (secondary N) is 2. The normalized spacial score (nSPS) is 11.1. The molecule has 0 fully saturated rings. The number of pyridine rings is 1. The fourth-order valence-corrected chi connectivity index (χ4v) is 2.92. The summed E-state index contributed by atoms with van der Waals surface area (Å²) in [7, 11) is 0. The standard InChI is InChI=1S/C19H13N7O2/c27-19(28)11-4-6-12(7-5-11)21-18-16-13(9-20-25-16)23-17(24-18)14-10-26-8-2-1-3-15(26)22-14/h1-10H,(H,20,25)(H,27,28)(H,21,23,24). The Morgan fingerprint density at radius 1 is 1.07 bits per heavy atom. The molecule has 28 heavy (non-hydrogen) atoms. The molecule has 0 radical (unpaired) electrons. The smallest absolute Gasteiger partial charge is 0.335 e. The van der Waals surface area contributed by atoms with Gasteiger partial charge in [-0.1, -0.05) is 6.07 Å². The molecule has 0 aliphatic rings. The molecular formula is C19H13N7O2. The molecule has 9 heteroatoms. The fraction of sp³-hybridized carbons (Fsp3) is 0. The minimum absolute atomic E-state index is 0.213. The van der Waals surface area contributed by atoms with Gasteiger partial charge in [0.15, 0.2) is 11.6 Å². The fourth-order valence-electron chi connectivity index (χ4n) is 2.92. The molecule has 4 aromatic heterocycles. The van der Waals surface area contributed by atoms with E-state index in [1.54, 1.807) is 18.3 Å². The first-order valence-electron chi connectivity index (χ1n) is 8.43. The van der Waals surface area contributed by atoms with Crippen LogP contribution < -0.4 is 5.32 Å². The van der Waals surface area contributed by atoms with Gasteiger partial charge in [-0.3, -0.25) is 5.10 Å². The minimum atomic E-state index is -0.973. The summed E-state index contributed by atoms with van der Waals surface area (Å²) in [6.07, 6.45) is 5.39. The first kappa shape index (κ1) is 15.9. The number of nitrogens with zero attached hydrogens (tertiary/aromatic N) is 5. The predicted octanol–water partition coefficient (Wildman–Crippen LogP) is 3.11. The number of carboxylic acids is 1. The lowest BCUT2D eigenvalue weighted by molar-refractivity contribution is 0.0697. The van der Waals surface area contributed by atoms with E-state index in [1.165, 1.54) is 12.1 Å². The summed E-state index contributed by atoms with van der Waals surface area (Å²) in [5.74, 6) is 0.0126. The van der Waals surface area contributed by atoms with Gasteiger partial charge in [-0.2, -0.15) is 5.10 Å². The van der Waals surface area contributed by atoms with Crippen LogP contribution >= 0.6 is 0 Å². The number of carboxylic acid groups (broad SMARTS) is 1. The molecular weight excluding hydrogens is 358 g/mol. The highest BCUT2D eigenvalue weighted by Gasteiger charge is 2.14. The van der Waals surface area contributed by atoms with Crippen molar-refractivity contribution in [2.24, 2.45) is 0 Å². The molecule has 0 amide bonds. The maximum Gasteiger partial charge on any atom is 0.335 e. The summed E-state index contributed by atoms with van der Waals surface area (Å²) < 4.78 is 1.90. The van der Waals surface area contributed by atoms with Crippen LogP contribution in [0, 0.1) is 0 Å². The summed E-state index contributed by atoms with van der Waals surface area (Å²) in [5.41, 5.74) is 3.64. The van der Waals surface area contributed by atoms with Crippen LogP contribution in [0.25, 0.3) is 28.2 Å². The van der Waals surface area contributed by atoms with Gasteiger partial charge in [-0.15, -0.1) is 0 Å². The van der Waals surface area contributed by atoms with E-state index in [4.69, 9.17) is 5.11 Å². The lowest BCUT2D eigenvalue weighted by atomic mass is 10.2. The summed E-state index contributed by atoms with van der Waals surface area (Å²) >= 11 is 0. The van der Waals surface area contributed by atoms with Gasteiger partial charge in [-0.25, -0.2) is 19.7 Å². The van der Waals surface area contributed by atoms with Gasteiger partial charge in [-0.05, 0) is 36.4 Å². The number of H-pyrrole nitrogens is 1. The number of aromatic carboxylic acids is 1. The average Bonchev–Trinajstić information content (AvgIpc) is 3.35. The van der Waals surface area contributed by atoms with Crippen LogP contribution in [0.15, 0.2) is 61.1 Å². The maximum absolute atomic E-state index is 11.0. The molecule has 0 aliphatic heterocycles. The molecule has 0 saturated carbocycles. The third-order valence-electron chi connectivity index (χ3n) is 4.29. The van der Waals surface area contributed by atoms with Crippen molar-refractivity contribution in [1.82, 2.24) is 29.5 Å². The van der Waals surface area contributed by atoms with E-state index in [0.29, 0.717) is 34.1 Å². The van der Waals surface area contributed by atoms with Gasteiger partial charge in [0.1, 0.15) is 22.4 Å². The zero-order valence-corrected chi connectivity index (χ0v) is 14.4. The van der Waals surface area contributed by atoms with Crippen molar-refractivity contribution in [3.05, 3.63) is 66.6 Å². The van der Waals surface area contributed by atoms with Crippen LogP contribution in [0.5, 0.6) is 0 Å². The van der Waals surface area contributed by atoms with E-state index in [-0.39, 0.29) is 5.56 Å². The Morgan fingerprint density at radius 3 is 2.71 bits per heavy atom. The van der Waals surface area contributed by atoms with Crippen LogP contribution in [0.1, 0.15) is 10.4 Å². The van der Waals surface area contributed by atoms with Crippen LogP contribution in [0.2, 0.25) is 0 Å². The molecule has 5 aromatic rings. The Hall–Kier alpha value is -4.27. The molecule has 0 unspecified atom stereocenters. The number of hydrogen-bond donors (Lipinski definition) is 3. The lowest BCUT2D eigenvalue weighted by Crippen LogP contribution is -2.00. The summed E-state index contributed by atoms with van der Waals surface area (Å²) in [6.45, 7) is 0. The van der Waals surface area contributed by atoms with Gasteiger partial charge in [0.25, 0.3) is 0 Å². The van der Waals surface area contributed by atoms with Crippen LogP contribution in [0.3, 0.4) is 0 Å². The number of rotatable bonds is 4. The highest BCUT2D eigenvalue weighted by Crippen LogP contribution is 2.26. The van der Waals surface area contributed by atoms with Crippen molar-refractivity contribution in [2.75, 3.05) is 5.32 Å². The molecule has 9 nitrogen and oxygen atoms in total. The lowest BCUT2D eigenvalue weighted by Gasteiger charge is -2.08. The van der Waals surface area contributed by atoms with E-state index in [9.17, 15) is 4.79 Å². The number of benzene rings is 1. The molecule has 4 heterocycles. The first-order valence-corrected chi connectivity index (χ1v) is 8.43. The van der Waals surface area contributed by atoms with Crippen molar-refractivity contribution >= 4 is 34.2 Å². The summed E-state index contributed by atoms with van der Waals surface area (Å²) in [5, 5.41) is 19.2. The second-order valence-electron chi connectivity index (χ2n) is 6.13. The molecule has 1 aromatic carbocycles. The van der Waals surface area contributed by atoms with Gasteiger partial charge in [0.2, 0.25) is 0 Å². The molecule has 136 valence electrons. The van der Waals surface area contributed by atoms with Crippen LogP contribution in [-0.4, -0.2) is 40.6 Å². The van der Waals surface area contributed by atoms with Crippen LogP contribution in [0.4, 0.5) is 11.5 Å². The quantitative estimate of drug-likeness (QED) is 0.444. The van der Waals surface area contributed by atoms with E-state index in [2.05, 4.69) is 30.5 Å². The van der Waals surface area contributed by atoms with Crippen molar-refractivity contribution < 1.29 is 9.90 Å². The molecule has 0 atom stereocenters. The number of fused-ring (bicyclic) bond motifs is 2. The van der Waals surface area contributed by atoms with Gasteiger partial charge in [0.05, 0.1) is 11.8 Å². The Morgan fingerprint density at radius 2 is 1.93 bits per heavy atom. The number of anilines is 2. The third-order valence-corrected chi connectivity index (χ3v) is 4.29. The predicted molar refractivity (Wildman–Crippen MR) is 103 cm³/mol. The molecule has 0 saturated heterocycles. The Bertz CT molecular complexity index is 1290. The Balaban J connectivity index is 1.58. The SMILES string of the molecule is O=C(O)c1ccc(Nc2nc(-c3cn4ccccc4n3)nc3cn[nH]c23)cc1. The van der Waals surface area contributed by atoms with Crippen molar-refractivity contribution in [3.63, 3.8) is 0 Å². The largest absolute Gasteiger partial charge is 0.478 e. The topological polar surface area (TPSA) is 121 Å². The molecule has 0 aliphatic carbocycles. The second kappa shape index (κ2) is 6.16. The Labute approximate surface area is 157 Å². The number of aromatic amines is 1. The number of hydrogen-bond acceptors (Lipinski definition) is 6. The van der Waals surface area contributed by atoms with Crippen molar-refractivity contribution in [2.45, 2.75) is 0 Å². The zero-order valence-electron chi connectivity index (χ0n) is 14.4. The third kappa shape index (κ3) is 2.71. The summed E-state index contributed by atoms with van der Waals surface area (Å²) in [6, 6.07) is 12.2. The Kier molecular flexibility index (Phi) is 3.51. The number of carbonyl (C=O) groups is 1. The second-order valence-corrected chi connectivity index (χ2v) is 6.13. The van der Waals surface area contributed by atoms with Gasteiger partial charge in [0, 0.05) is 18.1 Å². The number of imidazole rings is 1. The molecule has 0 bridgehead atoms. The molecule has 3 N–H and O–H groups in total. The van der Waals surface area contributed by atoms with Crippen molar-refractivity contribution in [1.29, 1.82) is 0 Å².